The SMILES string of the molecule is O=C(O)c1cccc(OC2CCN(I)C2)c1. The van der Waals surface area contributed by atoms with Crippen molar-refractivity contribution in [1.29, 1.82) is 0 Å². The summed E-state index contributed by atoms with van der Waals surface area (Å²) in [6.45, 7) is 1.90. The van der Waals surface area contributed by atoms with Crippen LogP contribution in [-0.4, -0.2) is 33.4 Å². The molecule has 1 aromatic rings. The van der Waals surface area contributed by atoms with E-state index in [0.29, 0.717) is 5.75 Å². The number of ether oxygens (including phenoxy) is 1. The van der Waals surface area contributed by atoms with E-state index in [1.165, 1.54) is 0 Å². The molecule has 4 nitrogen and oxygen atoms in total. The van der Waals surface area contributed by atoms with Gasteiger partial charge in [-0.25, -0.2) is 7.91 Å². The van der Waals surface area contributed by atoms with Gasteiger partial charge in [-0.05, 0) is 24.6 Å². The average molecular weight is 333 g/mol. The van der Waals surface area contributed by atoms with Crippen LogP contribution in [0, 0.1) is 0 Å². The van der Waals surface area contributed by atoms with Gasteiger partial charge in [0.15, 0.2) is 0 Å². The van der Waals surface area contributed by atoms with Crippen molar-refractivity contribution in [2.75, 3.05) is 13.1 Å². The van der Waals surface area contributed by atoms with E-state index >= 15 is 0 Å². The lowest BCUT2D eigenvalue weighted by atomic mass is 10.2. The number of halogens is 1. The lowest BCUT2D eigenvalue weighted by Gasteiger charge is -2.13. The van der Waals surface area contributed by atoms with Crippen LogP contribution >= 0.6 is 22.9 Å². The summed E-state index contributed by atoms with van der Waals surface area (Å²) in [6, 6.07) is 6.63. The monoisotopic (exact) mass is 333 g/mol. The molecule has 1 aliphatic heterocycles. The Morgan fingerprint density at radius 3 is 3.00 bits per heavy atom. The van der Waals surface area contributed by atoms with E-state index in [-0.39, 0.29) is 11.7 Å². The maximum atomic E-state index is 10.8. The van der Waals surface area contributed by atoms with Gasteiger partial charge in [0, 0.05) is 36.0 Å². The zero-order chi connectivity index (χ0) is 11.5. The van der Waals surface area contributed by atoms with Crippen LogP contribution in [-0.2, 0) is 0 Å². The highest BCUT2D eigenvalue weighted by Crippen LogP contribution is 2.21. The molecule has 1 saturated heterocycles. The van der Waals surface area contributed by atoms with Gasteiger partial charge in [0.05, 0.1) is 5.56 Å². The molecule has 2 rings (SSSR count). The lowest BCUT2D eigenvalue weighted by Crippen LogP contribution is -2.18. The van der Waals surface area contributed by atoms with Crippen molar-refractivity contribution in [3.63, 3.8) is 0 Å². The lowest BCUT2D eigenvalue weighted by molar-refractivity contribution is 0.0696. The van der Waals surface area contributed by atoms with Crippen molar-refractivity contribution >= 4 is 28.8 Å². The van der Waals surface area contributed by atoms with Gasteiger partial charge in [0.25, 0.3) is 0 Å². The molecule has 86 valence electrons. The third-order valence-corrected chi connectivity index (χ3v) is 3.36. The molecule has 0 bridgehead atoms. The van der Waals surface area contributed by atoms with E-state index in [1.807, 2.05) is 0 Å². The van der Waals surface area contributed by atoms with E-state index in [4.69, 9.17) is 9.84 Å². The Hall–Kier alpha value is -0.820. The second-order valence-electron chi connectivity index (χ2n) is 3.73. The Bertz CT molecular complexity index is 397. The third-order valence-electron chi connectivity index (χ3n) is 2.48. The molecule has 0 radical (unpaired) electrons. The predicted molar refractivity (Wildman–Crippen MR) is 68.0 cm³/mol. The number of hydrogen-bond acceptors (Lipinski definition) is 3. The van der Waals surface area contributed by atoms with Gasteiger partial charge in [0.2, 0.25) is 0 Å². The Labute approximate surface area is 108 Å². The normalized spacial score (nSPS) is 20.9. The minimum Gasteiger partial charge on any atom is -0.489 e. The molecule has 0 spiro atoms. The van der Waals surface area contributed by atoms with E-state index in [9.17, 15) is 4.79 Å². The Morgan fingerprint density at radius 1 is 1.56 bits per heavy atom. The summed E-state index contributed by atoms with van der Waals surface area (Å²) in [5.74, 6) is -0.288. The number of nitrogens with zero attached hydrogens (tertiary/aromatic N) is 1. The van der Waals surface area contributed by atoms with Crippen LogP contribution in [0.5, 0.6) is 5.75 Å². The highest BCUT2D eigenvalue weighted by molar-refractivity contribution is 14.1. The summed E-state index contributed by atoms with van der Waals surface area (Å²) >= 11 is 2.27. The fourth-order valence-electron chi connectivity index (χ4n) is 1.68. The van der Waals surface area contributed by atoms with E-state index < -0.39 is 5.97 Å². The second-order valence-corrected chi connectivity index (χ2v) is 5.09. The molecule has 0 saturated carbocycles. The molecule has 16 heavy (non-hydrogen) atoms. The quantitative estimate of drug-likeness (QED) is 0.681. The molecule has 1 unspecified atom stereocenters. The molecular weight excluding hydrogens is 321 g/mol. The Kier molecular flexibility index (Phi) is 3.65. The van der Waals surface area contributed by atoms with Crippen molar-refractivity contribution in [3.8, 4) is 5.75 Å². The summed E-state index contributed by atoms with van der Waals surface area (Å²) in [7, 11) is 0. The zero-order valence-electron chi connectivity index (χ0n) is 8.60. The maximum Gasteiger partial charge on any atom is 0.335 e. The fourth-order valence-corrected chi connectivity index (χ4v) is 2.40. The topological polar surface area (TPSA) is 49.8 Å². The number of carboxylic acids is 1. The van der Waals surface area contributed by atoms with Crippen molar-refractivity contribution in [2.45, 2.75) is 12.5 Å². The van der Waals surface area contributed by atoms with Crippen LogP contribution in [0.25, 0.3) is 0 Å². The molecular formula is C11H12INO3. The summed E-state index contributed by atoms with van der Waals surface area (Å²) in [6.07, 6.45) is 1.15. The molecule has 1 N–H and O–H groups in total. The highest BCUT2D eigenvalue weighted by Gasteiger charge is 2.22. The molecule has 5 heteroatoms. The van der Waals surface area contributed by atoms with E-state index in [0.717, 1.165) is 19.5 Å². The van der Waals surface area contributed by atoms with Gasteiger partial charge in [-0.2, -0.15) is 0 Å². The third kappa shape index (κ3) is 2.85. The van der Waals surface area contributed by atoms with Gasteiger partial charge in [-0.3, -0.25) is 0 Å². The zero-order valence-corrected chi connectivity index (χ0v) is 10.8. The van der Waals surface area contributed by atoms with Crippen molar-refractivity contribution < 1.29 is 14.6 Å². The predicted octanol–water partition coefficient (Wildman–Crippen LogP) is 2.19. The van der Waals surface area contributed by atoms with Gasteiger partial charge in [-0.1, -0.05) is 6.07 Å². The number of aromatic carboxylic acids is 1. The number of benzene rings is 1. The van der Waals surface area contributed by atoms with Crippen LogP contribution in [0.2, 0.25) is 0 Å². The summed E-state index contributed by atoms with van der Waals surface area (Å²) in [5, 5.41) is 8.85. The first-order chi connectivity index (χ1) is 7.65. The molecule has 1 atom stereocenters. The first-order valence-corrected chi connectivity index (χ1v) is 6.02. The Balaban J connectivity index is 2.04. The van der Waals surface area contributed by atoms with Gasteiger partial charge in [-0.15, -0.1) is 0 Å². The molecule has 0 aromatic heterocycles. The van der Waals surface area contributed by atoms with Crippen LogP contribution in [0.1, 0.15) is 16.8 Å². The van der Waals surface area contributed by atoms with E-state index in [1.54, 1.807) is 24.3 Å². The van der Waals surface area contributed by atoms with Crippen molar-refractivity contribution in [2.24, 2.45) is 0 Å². The van der Waals surface area contributed by atoms with Crippen molar-refractivity contribution in [1.82, 2.24) is 3.11 Å². The first-order valence-electron chi connectivity index (χ1n) is 5.06. The molecule has 1 aromatic carbocycles. The number of hydrogen-bond donors (Lipinski definition) is 1. The second kappa shape index (κ2) is 5.01. The Morgan fingerprint density at radius 2 is 2.38 bits per heavy atom. The fraction of sp³-hybridized carbons (Fsp3) is 0.364. The minimum atomic E-state index is -0.924. The molecule has 1 aliphatic rings. The first kappa shape index (κ1) is 11.7. The summed E-state index contributed by atoms with van der Waals surface area (Å²) in [5.41, 5.74) is 0.266. The summed E-state index contributed by atoms with van der Waals surface area (Å²) < 4.78 is 7.90. The van der Waals surface area contributed by atoms with Crippen molar-refractivity contribution in [3.05, 3.63) is 29.8 Å². The number of carbonyl (C=O) groups is 1. The molecule has 1 fully saturated rings. The number of carboxylic acid groups (broad SMARTS) is 1. The van der Waals surface area contributed by atoms with Crippen LogP contribution in [0.4, 0.5) is 0 Å². The van der Waals surface area contributed by atoms with Crippen LogP contribution in [0.15, 0.2) is 24.3 Å². The minimum absolute atomic E-state index is 0.168. The maximum absolute atomic E-state index is 10.8. The van der Waals surface area contributed by atoms with Crippen LogP contribution in [0.3, 0.4) is 0 Å². The van der Waals surface area contributed by atoms with Gasteiger partial charge in [0.1, 0.15) is 11.9 Å². The highest BCUT2D eigenvalue weighted by atomic mass is 127. The smallest absolute Gasteiger partial charge is 0.335 e. The van der Waals surface area contributed by atoms with E-state index in [2.05, 4.69) is 26.0 Å². The standard InChI is InChI=1S/C11H12INO3/c12-13-5-4-10(7-13)16-9-3-1-2-8(6-9)11(14)15/h1-3,6,10H,4-5,7H2,(H,14,15). The van der Waals surface area contributed by atoms with Crippen LogP contribution < -0.4 is 4.74 Å². The molecule has 1 heterocycles. The number of rotatable bonds is 3. The molecule has 0 aliphatic carbocycles. The largest absolute Gasteiger partial charge is 0.489 e. The van der Waals surface area contributed by atoms with Gasteiger partial charge >= 0.3 is 5.97 Å². The van der Waals surface area contributed by atoms with Gasteiger partial charge < -0.3 is 9.84 Å². The summed E-state index contributed by atoms with van der Waals surface area (Å²) in [4.78, 5) is 10.8. The average Bonchev–Trinajstić information content (AvgIpc) is 2.64. The molecule has 0 amide bonds.